The van der Waals surface area contributed by atoms with E-state index in [2.05, 4.69) is 10.6 Å². The van der Waals surface area contributed by atoms with Crippen molar-refractivity contribution in [2.75, 3.05) is 5.32 Å². The fourth-order valence-electron chi connectivity index (χ4n) is 2.31. The van der Waals surface area contributed by atoms with Gasteiger partial charge >= 0.3 is 0 Å². The number of anilines is 1. The lowest BCUT2D eigenvalue weighted by molar-refractivity contribution is -0.117. The summed E-state index contributed by atoms with van der Waals surface area (Å²) in [5.41, 5.74) is 2.04. The van der Waals surface area contributed by atoms with E-state index < -0.39 is 6.04 Å². The van der Waals surface area contributed by atoms with Crippen LogP contribution in [0.5, 0.6) is 5.75 Å². The molecule has 0 bridgehead atoms. The fourth-order valence-corrected chi connectivity index (χ4v) is 2.31. The summed E-state index contributed by atoms with van der Waals surface area (Å²) in [6, 6.07) is 13.6. The molecule has 2 rings (SSSR count). The summed E-state index contributed by atoms with van der Waals surface area (Å²) in [6.45, 7) is 7.44. The number of nitrogens with one attached hydrogen (secondary N) is 2. The van der Waals surface area contributed by atoms with Gasteiger partial charge in [-0.15, -0.1) is 0 Å². The number of benzene rings is 2. The quantitative estimate of drug-likeness (QED) is 0.845. The molecule has 0 heterocycles. The number of ether oxygens (including phenoxy) is 1. The first kappa shape index (κ1) is 18.5. The average Bonchev–Trinajstić information content (AvgIpc) is 2.58. The van der Waals surface area contributed by atoms with Crippen molar-refractivity contribution in [3.05, 3.63) is 59.7 Å². The first-order valence-corrected chi connectivity index (χ1v) is 8.31. The van der Waals surface area contributed by atoms with Crippen LogP contribution >= 0.6 is 0 Å². The second kappa shape index (κ2) is 8.33. The summed E-state index contributed by atoms with van der Waals surface area (Å²) < 4.78 is 5.73. The Kier molecular flexibility index (Phi) is 6.17. The van der Waals surface area contributed by atoms with Crippen molar-refractivity contribution in [1.29, 1.82) is 0 Å². The van der Waals surface area contributed by atoms with Gasteiger partial charge in [-0.1, -0.05) is 24.3 Å². The molecule has 0 aliphatic rings. The summed E-state index contributed by atoms with van der Waals surface area (Å²) in [5.74, 6) is 0.166. The molecule has 0 spiro atoms. The molecular formula is C20H24N2O3. The smallest absolute Gasteiger partial charge is 0.251 e. The van der Waals surface area contributed by atoms with Crippen LogP contribution in [0.2, 0.25) is 0 Å². The second-order valence-electron chi connectivity index (χ2n) is 6.15. The molecule has 2 aromatic rings. The van der Waals surface area contributed by atoms with Crippen LogP contribution in [0.4, 0.5) is 5.69 Å². The lowest BCUT2D eigenvalue weighted by Gasteiger charge is -2.18. The topological polar surface area (TPSA) is 67.4 Å². The van der Waals surface area contributed by atoms with Crippen molar-refractivity contribution in [3.63, 3.8) is 0 Å². The Labute approximate surface area is 148 Å². The van der Waals surface area contributed by atoms with Crippen molar-refractivity contribution in [2.24, 2.45) is 0 Å². The molecule has 2 N–H and O–H groups in total. The van der Waals surface area contributed by atoms with E-state index in [0.29, 0.717) is 11.3 Å². The highest BCUT2D eigenvalue weighted by Crippen LogP contribution is 2.26. The van der Waals surface area contributed by atoms with Gasteiger partial charge in [0.1, 0.15) is 11.8 Å². The summed E-state index contributed by atoms with van der Waals surface area (Å²) >= 11 is 0. The summed E-state index contributed by atoms with van der Waals surface area (Å²) in [4.78, 5) is 24.5. The van der Waals surface area contributed by atoms with Gasteiger partial charge in [-0.3, -0.25) is 9.59 Å². The highest BCUT2D eigenvalue weighted by Gasteiger charge is 2.18. The first-order valence-electron chi connectivity index (χ1n) is 8.31. The van der Waals surface area contributed by atoms with E-state index >= 15 is 0 Å². The molecule has 1 unspecified atom stereocenters. The normalized spacial score (nSPS) is 11.7. The Morgan fingerprint density at radius 3 is 2.28 bits per heavy atom. The van der Waals surface area contributed by atoms with Crippen molar-refractivity contribution >= 4 is 17.5 Å². The number of carbonyl (C=O) groups excluding carboxylic acids is 2. The van der Waals surface area contributed by atoms with E-state index in [-0.39, 0.29) is 17.9 Å². The van der Waals surface area contributed by atoms with E-state index in [0.717, 1.165) is 11.3 Å². The minimum atomic E-state index is -0.665. The third-order valence-electron chi connectivity index (χ3n) is 3.68. The van der Waals surface area contributed by atoms with E-state index in [9.17, 15) is 9.59 Å². The summed E-state index contributed by atoms with van der Waals surface area (Å²) in [5, 5.41) is 5.55. The second-order valence-corrected chi connectivity index (χ2v) is 6.15. The number of hydrogen-bond donors (Lipinski definition) is 2. The van der Waals surface area contributed by atoms with E-state index in [1.807, 2.05) is 45.0 Å². The van der Waals surface area contributed by atoms with Crippen LogP contribution in [0.25, 0.3) is 0 Å². The van der Waals surface area contributed by atoms with Crippen LogP contribution in [0.3, 0.4) is 0 Å². The van der Waals surface area contributed by atoms with Gasteiger partial charge in [0, 0.05) is 16.8 Å². The molecule has 25 heavy (non-hydrogen) atoms. The molecule has 5 nitrogen and oxygen atoms in total. The highest BCUT2D eigenvalue weighted by atomic mass is 16.5. The van der Waals surface area contributed by atoms with E-state index in [1.54, 1.807) is 31.2 Å². The standard InChI is InChI=1S/C20H24N2O3/c1-13(2)25-18-12-8-11-17(14(18)3)22-19(23)15(4)21-20(24)16-9-6-5-7-10-16/h5-13,15H,1-4H3,(H,21,24)(H,22,23). The molecular weight excluding hydrogens is 316 g/mol. The minimum absolute atomic E-state index is 0.0498. The molecule has 0 aliphatic carbocycles. The van der Waals surface area contributed by atoms with Crippen LogP contribution in [-0.4, -0.2) is 24.0 Å². The molecule has 0 aliphatic heterocycles. The number of carbonyl (C=O) groups is 2. The van der Waals surface area contributed by atoms with Gasteiger partial charge in [-0.2, -0.15) is 0 Å². The van der Waals surface area contributed by atoms with Crippen LogP contribution in [0.15, 0.2) is 48.5 Å². The first-order chi connectivity index (χ1) is 11.9. The highest BCUT2D eigenvalue weighted by molar-refractivity contribution is 6.01. The Hall–Kier alpha value is -2.82. The molecule has 1 atom stereocenters. The number of hydrogen-bond acceptors (Lipinski definition) is 3. The zero-order chi connectivity index (χ0) is 18.4. The molecule has 0 saturated carbocycles. The molecule has 132 valence electrons. The predicted molar refractivity (Wildman–Crippen MR) is 98.9 cm³/mol. The van der Waals surface area contributed by atoms with Gasteiger partial charge in [0.15, 0.2) is 0 Å². The van der Waals surface area contributed by atoms with Gasteiger partial charge in [-0.25, -0.2) is 0 Å². The molecule has 0 radical (unpaired) electrons. The Bertz CT molecular complexity index is 742. The van der Waals surface area contributed by atoms with E-state index in [4.69, 9.17) is 4.74 Å². The SMILES string of the molecule is Cc1c(NC(=O)C(C)NC(=O)c2ccccc2)cccc1OC(C)C. The number of amides is 2. The largest absolute Gasteiger partial charge is 0.491 e. The molecule has 0 aromatic heterocycles. The van der Waals surface area contributed by atoms with Crippen molar-refractivity contribution in [2.45, 2.75) is 39.8 Å². The van der Waals surface area contributed by atoms with Gasteiger partial charge in [-0.05, 0) is 52.0 Å². The van der Waals surface area contributed by atoms with Crippen LogP contribution < -0.4 is 15.4 Å². The molecule has 5 heteroatoms. The average molecular weight is 340 g/mol. The molecule has 0 saturated heterocycles. The Morgan fingerprint density at radius 2 is 1.64 bits per heavy atom. The van der Waals surface area contributed by atoms with Gasteiger partial charge < -0.3 is 15.4 Å². The lowest BCUT2D eigenvalue weighted by Crippen LogP contribution is -2.41. The fraction of sp³-hybridized carbons (Fsp3) is 0.300. The van der Waals surface area contributed by atoms with Crippen LogP contribution in [0.1, 0.15) is 36.7 Å². The van der Waals surface area contributed by atoms with Crippen LogP contribution in [0, 0.1) is 6.92 Å². The minimum Gasteiger partial charge on any atom is -0.491 e. The molecule has 2 aromatic carbocycles. The number of rotatable bonds is 6. The Morgan fingerprint density at radius 1 is 0.960 bits per heavy atom. The zero-order valence-electron chi connectivity index (χ0n) is 15.0. The van der Waals surface area contributed by atoms with Crippen molar-refractivity contribution < 1.29 is 14.3 Å². The zero-order valence-corrected chi connectivity index (χ0v) is 15.0. The summed E-state index contributed by atoms with van der Waals surface area (Å²) in [6.07, 6.45) is 0.0498. The third kappa shape index (κ3) is 5.08. The molecule has 0 fully saturated rings. The maximum absolute atomic E-state index is 12.4. The monoisotopic (exact) mass is 340 g/mol. The van der Waals surface area contributed by atoms with Gasteiger partial charge in [0.25, 0.3) is 5.91 Å². The maximum Gasteiger partial charge on any atom is 0.251 e. The Balaban J connectivity index is 2.03. The maximum atomic E-state index is 12.4. The third-order valence-corrected chi connectivity index (χ3v) is 3.68. The van der Waals surface area contributed by atoms with E-state index in [1.165, 1.54) is 0 Å². The molecule has 2 amide bonds. The van der Waals surface area contributed by atoms with Crippen molar-refractivity contribution in [1.82, 2.24) is 5.32 Å². The van der Waals surface area contributed by atoms with Gasteiger partial charge in [0.05, 0.1) is 6.10 Å². The van der Waals surface area contributed by atoms with Crippen LogP contribution in [-0.2, 0) is 4.79 Å². The lowest BCUT2D eigenvalue weighted by atomic mass is 10.1. The van der Waals surface area contributed by atoms with Crippen molar-refractivity contribution in [3.8, 4) is 5.75 Å². The predicted octanol–water partition coefficient (Wildman–Crippen LogP) is 3.54. The van der Waals surface area contributed by atoms with Gasteiger partial charge in [0.2, 0.25) is 5.91 Å². The summed E-state index contributed by atoms with van der Waals surface area (Å²) in [7, 11) is 0.